The lowest BCUT2D eigenvalue weighted by atomic mass is 10.1. The number of piperazine rings is 1. The van der Waals surface area contributed by atoms with E-state index >= 15 is 0 Å². The van der Waals surface area contributed by atoms with Crippen LogP contribution in [0.1, 0.15) is 24.6 Å². The number of carbonyl (C=O) groups is 1. The fourth-order valence-corrected chi connectivity index (χ4v) is 4.30. The predicted octanol–water partition coefficient (Wildman–Crippen LogP) is 2.88. The first kappa shape index (κ1) is 19.0. The molecule has 0 atom stereocenters. The second-order valence-corrected chi connectivity index (χ2v) is 8.43. The van der Waals surface area contributed by atoms with Crippen LogP contribution in [-0.2, 0) is 4.79 Å². The Morgan fingerprint density at radius 2 is 1.75 bits per heavy atom. The number of fused-ring (bicyclic) bond motifs is 2. The maximum atomic E-state index is 12.8. The molecule has 6 rings (SSSR count). The summed E-state index contributed by atoms with van der Waals surface area (Å²) >= 11 is 0. The van der Waals surface area contributed by atoms with E-state index in [2.05, 4.69) is 15.1 Å². The topological polar surface area (TPSA) is 75.9 Å². The Morgan fingerprint density at radius 1 is 0.938 bits per heavy atom. The van der Waals surface area contributed by atoms with Gasteiger partial charge in [-0.3, -0.25) is 4.79 Å². The Bertz CT molecular complexity index is 1280. The summed E-state index contributed by atoms with van der Waals surface area (Å²) in [6.45, 7) is 2.81. The first-order valence-corrected chi connectivity index (χ1v) is 11.1. The molecule has 0 unspecified atom stereocenters. The van der Waals surface area contributed by atoms with Gasteiger partial charge in [0.05, 0.1) is 0 Å². The number of nitrogens with zero attached hydrogens (tertiary/aromatic N) is 6. The van der Waals surface area contributed by atoms with E-state index in [0.717, 1.165) is 59.7 Å². The maximum absolute atomic E-state index is 12.8. The molecule has 162 valence electrons. The number of aromatic nitrogens is 4. The van der Waals surface area contributed by atoms with Gasteiger partial charge >= 0.3 is 0 Å². The number of benzene rings is 2. The zero-order valence-corrected chi connectivity index (χ0v) is 17.7. The highest BCUT2D eigenvalue weighted by molar-refractivity contribution is 5.88. The molecule has 0 radical (unpaired) electrons. The van der Waals surface area contributed by atoms with Crippen LogP contribution < -0.4 is 9.64 Å². The van der Waals surface area contributed by atoms with Gasteiger partial charge < -0.3 is 14.5 Å². The molecule has 2 fully saturated rings. The van der Waals surface area contributed by atoms with E-state index in [1.165, 1.54) is 0 Å². The van der Waals surface area contributed by atoms with Gasteiger partial charge in [-0.15, -0.1) is 15.3 Å². The summed E-state index contributed by atoms with van der Waals surface area (Å²) in [4.78, 5) is 16.8. The molecule has 3 heterocycles. The molecule has 8 heteroatoms. The molecule has 1 amide bonds. The van der Waals surface area contributed by atoms with Gasteiger partial charge in [0.2, 0.25) is 0 Å². The number of carbonyl (C=O) groups excluding carboxylic acids is 1. The molecule has 0 N–H and O–H groups in total. The monoisotopic (exact) mass is 428 g/mol. The largest absolute Gasteiger partial charge is 0.483 e. The van der Waals surface area contributed by atoms with Gasteiger partial charge in [-0.25, -0.2) is 0 Å². The predicted molar refractivity (Wildman–Crippen MR) is 121 cm³/mol. The van der Waals surface area contributed by atoms with Crippen molar-refractivity contribution in [1.29, 1.82) is 0 Å². The maximum Gasteiger partial charge on any atom is 0.260 e. The number of ether oxygens (including phenoxy) is 1. The molecule has 4 aromatic rings. The molecule has 1 aliphatic carbocycles. The minimum absolute atomic E-state index is 0.0100. The first-order chi connectivity index (χ1) is 15.8. The molecular formula is C24H24N6O2. The lowest BCUT2D eigenvalue weighted by Crippen LogP contribution is -2.50. The summed E-state index contributed by atoms with van der Waals surface area (Å²) in [6, 6.07) is 17.9. The lowest BCUT2D eigenvalue weighted by Gasteiger charge is -2.35. The van der Waals surface area contributed by atoms with Crippen LogP contribution in [0.3, 0.4) is 0 Å². The molecular weight excluding hydrogens is 404 g/mol. The Balaban J connectivity index is 1.09. The third-order valence-electron chi connectivity index (χ3n) is 6.27. The Labute approximate surface area is 185 Å². The van der Waals surface area contributed by atoms with Crippen molar-refractivity contribution in [2.24, 2.45) is 0 Å². The van der Waals surface area contributed by atoms with Crippen LogP contribution in [0.5, 0.6) is 5.75 Å². The summed E-state index contributed by atoms with van der Waals surface area (Å²) in [5, 5.41) is 15.5. The summed E-state index contributed by atoms with van der Waals surface area (Å²) in [5.74, 6) is 3.10. The number of anilines is 1. The second-order valence-electron chi connectivity index (χ2n) is 8.43. The quantitative estimate of drug-likeness (QED) is 0.487. The normalized spacial score (nSPS) is 16.6. The first-order valence-electron chi connectivity index (χ1n) is 11.1. The average molecular weight is 428 g/mol. The van der Waals surface area contributed by atoms with Crippen molar-refractivity contribution >= 4 is 28.1 Å². The van der Waals surface area contributed by atoms with Crippen molar-refractivity contribution in [3.8, 4) is 5.75 Å². The third kappa shape index (κ3) is 3.51. The standard InChI is InChI=1S/C24H24N6O2/c31-23(16-32-20-7-3-5-17-4-1-2-6-19(17)20)29-14-12-28(13-15-29)22-11-10-21-25-26-24(18-8-9-18)30(21)27-22/h1-7,10-11,18H,8-9,12-16H2. The van der Waals surface area contributed by atoms with Gasteiger partial charge in [0.1, 0.15) is 11.6 Å². The molecule has 8 nitrogen and oxygen atoms in total. The number of hydrogen-bond donors (Lipinski definition) is 0. The smallest absolute Gasteiger partial charge is 0.260 e. The van der Waals surface area contributed by atoms with Crippen molar-refractivity contribution in [3.05, 3.63) is 60.4 Å². The van der Waals surface area contributed by atoms with E-state index in [9.17, 15) is 4.79 Å². The van der Waals surface area contributed by atoms with Gasteiger partial charge in [-0.1, -0.05) is 36.4 Å². The molecule has 0 spiro atoms. The number of amides is 1. The van der Waals surface area contributed by atoms with Crippen LogP contribution >= 0.6 is 0 Å². The van der Waals surface area contributed by atoms with Gasteiger partial charge in [0.25, 0.3) is 5.91 Å². The highest BCUT2D eigenvalue weighted by Crippen LogP contribution is 2.38. The van der Waals surface area contributed by atoms with E-state index in [1.54, 1.807) is 0 Å². The summed E-state index contributed by atoms with van der Waals surface area (Å²) in [6.07, 6.45) is 2.32. The average Bonchev–Trinajstić information content (AvgIpc) is 3.61. The highest BCUT2D eigenvalue weighted by Gasteiger charge is 2.30. The molecule has 0 bridgehead atoms. The molecule has 2 aromatic carbocycles. The van der Waals surface area contributed by atoms with Crippen molar-refractivity contribution in [1.82, 2.24) is 24.7 Å². The molecule has 32 heavy (non-hydrogen) atoms. The van der Waals surface area contributed by atoms with Gasteiger partial charge in [-0.2, -0.15) is 4.52 Å². The highest BCUT2D eigenvalue weighted by atomic mass is 16.5. The number of hydrogen-bond acceptors (Lipinski definition) is 6. The molecule has 1 saturated carbocycles. The van der Waals surface area contributed by atoms with Crippen molar-refractivity contribution < 1.29 is 9.53 Å². The van der Waals surface area contributed by atoms with Crippen LogP contribution in [0.2, 0.25) is 0 Å². The van der Waals surface area contributed by atoms with Crippen LogP contribution in [0.25, 0.3) is 16.4 Å². The Hall–Kier alpha value is -3.68. The minimum Gasteiger partial charge on any atom is -0.483 e. The van der Waals surface area contributed by atoms with Crippen molar-refractivity contribution in [2.75, 3.05) is 37.7 Å². The fraction of sp³-hybridized carbons (Fsp3) is 0.333. The zero-order chi connectivity index (χ0) is 21.5. The SMILES string of the molecule is O=C(COc1cccc2ccccc12)N1CCN(c2ccc3nnc(C4CC4)n3n2)CC1. The summed E-state index contributed by atoms with van der Waals surface area (Å²) in [7, 11) is 0. The van der Waals surface area contributed by atoms with Crippen LogP contribution in [0, 0.1) is 0 Å². The molecule has 1 saturated heterocycles. The zero-order valence-electron chi connectivity index (χ0n) is 17.7. The summed E-state index contributed by atoms with van der Waals surface area (Å²) < 4.78 is 7.77. The molecule has 2 aliphatic rings. The number of rotatable bonds is 5. The van der Waals surface area contributed by atoms with E-state index in [0.29, 0.717) is 19.0 Å². The minimum atomic E-state index is 0.0100. The van der Waals surface area contributed by atoms with E-state index in [1.807, 2.05) is 64.0 Å². The van der Waals surface area contributed by atoms with Gasteiger partial charge in [-0.05, 0) is 36.4 Å². The van der Waals surface area contributed by atoms with Crippen LogP contribution in [-0.4, -0.2) is 63.4 Å². The van der Waals surface area contributed by atoms with Gasteiger partial charge in [0, 0.05) is 37.5 Å². The summed E-state index contributed by atoms with van der Waals surface area (Å²) in [5.41, 5.74) is 0.787. The van der Waals surface area contributed by atoms with E-state index in [-0.39, 0.29) is 12.5 Å². The van der Waals surface area contributed by atoms with Gasteiger partial charge in [0.15, 0.2) is 18.1 Å². The van der Waals surface area contributed by atoms with E-state index in [4.69, 9.17) is 9.84 Å². The third-order valence-corrected chi connectivity index (χ3v) is 6.27. The second kappa shape index (κ2) is 7.78. The van der Waals surface area contributed by atoms with Crippen molar-refractivity contribution in [3.63, 3.8) is 0 Å². The fourth-order valence-electron chi connectivity index (χ4n) is 4.30. The molecule has 2 aromatic heterocycles. The van der Waals surface area contributed by atoms with Crippen LogP contribution in [0.15, 0.2) is 54.6 Å². The Morgan fingerprint density at radius 3 is 2.59 bits per heavy atom. The van der Waals surface area contributed by atoms with E-state index < -0.39 is 0 Å². The van der Waals surface area contributed by atoms with Crippen molar-refractivity contribution in [2.45, 2.75) is 18.8 Å². The molecule has 1 aliphatic heterocycles. The van der Waals surface area contributed by atoms with Crippen LogP contribution in [0.4, 0.5) is 5.82 Å². The lowest BCUT2D eigenvalue weighted by molar-refractivity contribution is -0.133. The Kier molecular flexibility index (Phi) is 4.63.